The summed E-state index contributed by atoms with van der Waals surface area (Å²) in [7, 11) is 0. The molecule has 1 fully saturated rings. The normalized spacial score (nSPS) is 28.9. The van der Waals surface area contributed by atoms with E-state index in [1.54, 1.807) is 13.0 Å². The highest BCUT2D eigenvalue weighted by molar-refractivity contribution is 5.92. The first-order valence-electron chi connectivity index (χ1n) is 10.6. The number of aliphatic hydroxyl groups excluding tert-OH is 1. The number of fused-ring (bicyclic) bond motifs is 1. The highest BCUT2D eigenvalue weighted by Gasteiger charge is 2.45. The van der Waals surface area contributed by atoms with Crippen molar-refractivity contribution in [3.8, 4) is 0 Å². The first-order chi connectivity index (χ1) is 15.5. The van der Waals surface area contributed by atoms with Gasteiger partial charge in [0.1, 0.15) is 24.9 Å². The van der Waals surface area contributed by atoms with Crippen LogP contribution in [0.3, 0.4) is 0 Å². The predicted octanol–water partition coefficient (Wildman–Crippen LogP) is 2.10. The maximum absolute atomic E-state index is 12.8. The fourth-order valence-corrected chi connectivity index (χ4v) is 3.71. The molecule has 0 bridgehead atoms. The Hall–Kier alpha value is -3.20. The molecule has 4 atom stereocenters. The molecule has 2 rings (SSSR count). The molecule has 0 aromatic carbocycles. The molecule has 1 aliphatic heterocycles. The number of hydrogen-bond acceptors (Lipinski definition) is 9. The van der Waals surface area contributed by atoms with Crippen LogP contribution in [-0.2, 0) is 38.1 Å². The first kappa shape index (κ1) is 26.1. The third-order valence-corrected chi connectivity index (χ3v) is 5.42. The van der Waals surface area contributed by atoms with Crippen LogP contribution in [0.25, 0.3) is 0 Å². The number of aliphatic hydroxyl groups is 1. The average molecular weight is 462 g/mol. The van der Waals surface area contributed by atoms with Gasteiger partial charge in [0.15, 0.2) is 0 Å². The van der Waals surface area contributed by atoms with Crippen molar-refractivity contribution in [2.45, 2.75) is 58.8 Å². The van der Waals surface area contributed by atoms with E-state index in [-0.39, 0.29) is 24.2 Å². The summed E-state index contributed by atoms with van der Waals surface area (Å²) in [6.45, 7) is 9.19. The number of esters is 4. The number of rotatable bonds is 6. The molecule has 1 heterocycles. The minimum Gasteiger partial charge on any atom is -0.462 e. The molecule has 0 spiro atoms. The van der Waals surface area contributed by atoms with E-state index < -0.39 is 54.7 Å². The van der Waals surface area contributed by atoms with Crippen LogP contribution in [0.4, 0.5) is 0 Å². The van der Waals surface area contributed by atoms with Gasteiger partial charge in [0.05, 0.1) is 18.1 Å². The van der Waals surface area contributed by atoms with Gasteiger partial charge >= 0.3 is 23.9 Å². The second-order valence-corrected chi connectivity index (χ2v) is 8.05. The van der Waals surface area contributed by atoms with E-state index >= 15 is 0 Å². The lowest BCUT2D eigenvalue weighted by molar-refractivity contribution is -0.148. The second-order valence-electron chi connectivity index (χ2n) is 8.05. The van der Waals surface area contributed by atoms with Gasteiger partial charge in [0, 0.05) is 32.3 Å². The van der Waals surface area contributed by atoms with Gasteiger partial charge < -0.3 is 24.1 Å². The van der Waals surface area contributed by atoms with Crippen molar-refractivity contribution in [3.63, 3.8) is 0 Å². The van der Waals surface area contributed by atoms with Crippen molar-refractivity contribution in [3.05, 3.63) is 47.1 Å². The van der Waals surface area contributed by atoms with Gasteiger partial charge in [-0.3, -0.25) is 9.59 Å². The van der Waals surface area contributed by atoms with Gasteiger partial charge in [-0.05, 0) is 31.6 Å². The molecule has 9 heteroatoms. The van der Waals surface area contributed by atoms with Crippen molar-refractivity contribution >= 4 is 23.9 Å². The summed E-state index contributed by atoms with van der Waals surface area (Å²) in [5.41, 5.74) is 1.62. The fourth-order valence-electron chi connectivity index (χ4n) is 3.71. The van der Waals surface area contributed by atoms with Crippen molar-refractivity contribution in [1.82, 2.24) is 0 Å². The molecular formula is C24H30O9. The molecule has 0 radical (unpaired) electrons. The Morgan fingerprint density at radius 3 is 2.52 bits per heavy atom. The minimum absolute atomic E-state index is 0.0796. The maximum atomic E-state index is 12.8. The quantitative estimate of drug-likeness (QED) is 0.273. The predicted molar refractivity (Wildman–Crippen MR) is 116 cm³/mol. The Balaban J connectivity index is 2.36. The summed E-state index contributed by atoms with van der Waals surface area (Å²) in [5, 5.41) is 9.57. The smallest absolute Gasteiger partial charge is 0.336 e. The summed E-state index contributed by atoms with van der Waals surface area (Å²) < 4.78 is 21.4. The molecule has 33 heavy (non-hydrogen) atoms. The van der Waals surface area contributed by atoms with Crippen LogP contribution in [0.1, 0.15) is 40.5 Å². The Kier molecular flexibility index (Phi) is 9.16. The van der Waals surface area contributed by atoms with E-state index in [1.807, 2.05) is 13.0 Å². The summed E-state index contributed by atoms with van der Waals surface area (Å²) in [6.07, 6.45) is 3.42. The average Bonchev–Trinajstić information content (AvgIpc) is 2.99. The standard InChI is InChI=1S/C24H30O9/c1-13-6-7-19(31-17(5)27)14(2)11-21-22(15(3)23(28)32-21)20(10-13)33-24(29)18(12-25)8-9-30-16(4)26/h6,8,11,19-22,25H,3,7,9-10,12H2,1-2,4-5H3/b13-6+,14-11-,18-8+/t19-,20+,21+,22+/m0/s1. The van der Waals surface area contributed by atoms with Crippen LogP contribution >= 0.6 is 0 Å². The van der Waals surface area contributed by atoms with Gasteiger partial charge in [0.2, 0.25) is 0 Å². The van der Waals surface area contributed by atoms with Crippen LogP contribution in [0.5, 0.6) is 0 Å². The van der Waals surface area contributed by atoms with Crippen LogP contribution in [0.2, 0.25) is 0 Å². The summed E-state index contributed by atoms with van der Waals surface area (Å²) in [6, 6.07) is 0. The maximum Gasteiger partial charge on any atom is 0.336 e. The van der Waals surface area contributed by atoms with Crippen LogP contribution in [0, 0.1) is 5.92 Å². The lowest BCUT2D eigenvalue weighted by atomic mass is 9.85. The summed E-state index contributed by atoms with van der Waals surface area (Å²) in [4.78, 5) is 47.5. The van der Waals surface area contributed by atoms with Crippen LogP contribution < -0.4 is 0 Å². The molecule has 1 saturated heterocycles. The Labute approximate surface area is 192 Å². The molecule has 0 saturated carbocycles. The van der Waals surface area contributed by atoms with E-state index in [9.17, 15) is 24.3 Å². The van der Waals surface area contributed by atoms with Crippen molar-refractivity contribution in [1.29, 1.82) is 0 Å². The Bertz CT molecular complexity index is 909. The molecule has 1 N–H and O–H groups in total. The number of hydrogen-bond donors (Lipinski definition) is 1. The van der Waals surface area contributed by atoms with Crippen molar-refractivity contribution in [2.24, 2.45) is 5.92 Å². The summed E-state index contributed by atoms with van der Waals surface area (Å²) >= 11 is 0. The Morgan fingerprint density at radius 1 is 1.21 bits per heavy atom. The first-order valence-corrected chi connectivity index (χ1v) is 10.6. The van der Waals surface area contributed by atoms with Crippen LogP contribution in [0.15, 0.2) is 47.1 Å². The zero-order valence-corrected chi connectivity index (χ0v) is 19.3. The number of ether oxygens (including phenoxy) is 4. The number of carbonyl (C=O) groups excluding carboxylic acids is 4. The Morgan fingerprint density at radius 2 is 1.91 bits per heavy atom. The largest absolute Gasteiger partial charge is 0.462 e. The van der Waals surface area contributed by atoms with E-state index in [0.717, 1.165) is 5.57 Å². The van der Waals surface area contributed by atoms with Crippen molar-refractivity contribution in [2.75, 3.05) is 13.2 Å². The molecule has 0 unspecified atom stereocenters. The molecule has 0 amide bonds. The third-order valence-electron chi connectivity index (χ3n) is 5.42. The van der Waals surface area contributed by atoms with Crippen molar-refractivity contribution < 1.29 is 43.2 Å². The molecule has 0 aromatic rings. The van der Waals surface area contributed by atoms with Gasteiger partial charge in [-0.25, -0.2) is 9.59 Å². The second kappa shape index (κ2) is 11.6. The lowest BCUT2D eigenvalue weighted by Gasteiger charge is -2.28. The molecule has 1 aliphatic carbocycles. The molecule has 9 nitrogen and oxygen atoms in total. The molecular weight excluding hydrogens is 432 g/mol. The lowest BCUT2D eigenvalue weighted by Crippen LogP contribution is -2.34. The minimum atomic E-state index is -0.810. The van der Waals surface area contributed by atoms with E-state index in [1.165, 1.54) is 19.9 Å². The molecule has 180 valence electrons. The fraction of sp³-hybridized carbons (Fsp3) is 0.500. The highest BCUT2D eigenvalue weighted by atomic mass is 16.6. The van der Waals surface area contributed by atoms with E-state index in [4.69, 9.17) is 18.9 Å². The topological polar surface area (TPSA) is 125 Å². The van der Waals surface area contributed by atoms with Gasteiger partial charge in [-0.15, -0.1) is 0 Å². The van der Waals surface area contributed by atoms with Gasteiger partial charge in [-0.2, -0.15) is 0 Å². The third kappa shape index (κ3) is 7.15. The SMILES string of the molecule is C=C1C(=O)O[C@@H]2/C=C(/C)[C@@H](OC(C)=O)C/C=C(\C)C[C@@H](OC(=O)/C(=C/COC(C)=O)CO)[C@@H]12. The number of carbonyl (C=O) groups is 4. The highest BCUT2D eigenvalue weighted by Crippen LogP contribution is 2.36. The summed E-state index contributed by atoms with van der Waals surface area (Å²) in [5.74, 6) is -3.04. The van der Waals surface area contributed by atoms with Crippen LogP contribution in [-0.4, -0.2) is 60.5 Å². The van der Waals surface area contributed by atoms with E-state index in [0.29, 0.717) is 12.0 Å². The van der Waals surface area contributed by atoms with Gasteiger partial charge in [-0.1, -0.05) is 18.2 Å². The molecule has 0 aromatic heterocycles. The zero-order valence-electron chi connectivity index (χ0n) is 19.3. The van der Waals surface area contributed by atoms with E-state index in [2.05, 4.69) is 6.58 Å². The van der Waals surface area contributed by atoms with Gasteiger partial charge in [0.25, 0.3) is 0 Å². The zero-order chi connectivity index (χ0) is 24.7. The monoisotopic (exact) mass is 462 g/mol. The molecule has 2 aliphatic rings.